The van der Waals surface area contributed by atoms with Crippen molar-refractivity contribution in [3.63, 3.8) is 0 Å². The summed E-state index contributed by atoms with van der Waals surface area (Å²) in [7, 11) is 0. The van der Waals surface area contributed by atoms with E-state index in [0.717, 1.165) is 39.9 Å². The van der Waals surface area contributed by atoms with Crippen LogP contribution in [0.4, 0.5) is 18.0 Å². The van der Waals surface area contributed by atoms with E-state index in [-0.39, 0.29) is 0 Å². The largest absolute Gasteiger partial charge is 0.416 e. The number of benzene rings is 3. The summed E-state index contributed by atoms with van der Waals surface area (Å²) in [5.41, 5.74) is 3.67. The van der Waals surface area contributed by atoms with Crippen LogP contribution in [0, 0.1) is 6.92 Å². The number of aryl methyl sites for hydroxylation is 1. The summed E-state index contributed by atoms with van der Waals surface area (Å²) < 4.78 is 45.0. The maximum Gasteiger partial charge on any atom is 0.416 e. The molecule has 5 rings (SSSR count). The third kappa shape index (κ3) is 4.12. The van der Waals surface area contributed by atoms with E-state index in [1.54, 1.807) is 29.2 Å². The zero-order chi connectivity index (χ0) is 24.0. The molecule has 0 bridgehead atoms. The van der Waals surface area contributed by atoms with E-state index in [4.69, 9.17) is 16.3 Å². The molecule has 3 aromatic carbocycles. The highest BCUT2D eigenvalue weighted by atomic mass is 35.5. The molecular formula is C26H20ClF3N2O2. The number of hydrogen-bond acceptors (Lipinski definition) is 2. The van der Waals surface area contributed by atoms with Gasteiger partial charge in [-0.3, -0.25) is 4.90 Å². The molecule has 1 aliphatic rings. The van der Waals surface area contributed by atoms with E-state index in [9.17, 15) is 18.0 Å². The SMILES string of the molecule is Cc1ccc2[nH]c3c(c2c1)CCN(C(=O)Oc1ccc(Cl)cc1)C3c1ccc(C(F)(F)F)cc1. The molecule has 4 nitrogen and oxygen atoms in total. The number of carbonyl (C=O) groups excluding carboxylic acids is 1. The van der Waals surface area contributed by atoms with Crippen molar-refractivity contribution < 1.29 is 22.7 Å². The molecular weight excluding hydrogens is 465 g/mol. The number of halogens is 4. The number of aromatic nitrogens is 1. The van der Waals surface area contributed by atoms with Gasteiger partial charge in [-0.05, 0) is 73.0 Å². The summed E-state index contributed by atoms with van der Waals surface area (Å²) in [6.07, 6.45) is -4.44. The van der Waals surface area contributed by atoms with E-state index in [0.29, 0.717) is 29.3 Å². The van der Waals surface area contributed by atoms with Crippen molar-refractivity contribution in [3.8, 4) is 5.75 Å². The average Bonchev–Trinajstić information content (AvgIpc) is 3.17. The number of rotatable bonds is 2. The highest BCUT2D eigenvalue weighted by molar-refractivity contribution is 6.30. The molecule has 0 aliphatic carbocycles. The molecule has 0 saturated carbocycles. The van der Waals surface area contributed by atoms with Crippen molar-refractivity contribution in [2.75, 3.05) is 6.54 Å². The van der Waals surface area contributed by atoms with E-state index < -0.39 is 23.9 Å². The molecule has 0 fully saturated rings. The first-order valence-electron chi connectivity index (χ1n) is 10.7. The Hall–Kier alpha value is -3.45. The first kappa shape index (κ1) is 22.3. The van der Waals surface area contributed by atoms with Crippen LogP contribution in [0.25, 0.3) is 10.9 Å². The summed E-state index contributed by atoms with van der Waals surface area (Å²) in [5.74, 6) is 0.332. The number of fused-ring (bicyclic) bond motifs is 3. The van der Waals surface area contributed by atoms with Crippen molar-refractivity contribution in [3.05, 3.63) is 99.7 Å². The van der Waals surface area contributed by atoms with Crippen LogP contribution in [-0.2, 0) is 12.6 Å². The molecule has 1 unspecified atom stereocenters. The second-order valence-electron chi connectivity index (χ2n) is 8.35. The van der Waals surface area contributed by atoms with Crippen LogP contribution >= 0.6 is 11.6 Å². The van der Waals surface area contributed by atoms with Crippen molar-refractivity contribution in [2.45, 2.75) is 25.6 Å². The van der Waals surface area contributed by atoms with Gasteiger partial charge in [-0.25, -0.2) is 4.79 Å². The smallest absolute Gasteiger partial charge is 0.410 e. The van der Waals surface area contributed by atoms with Gasteiger partial charge >= 0.3 is 12.3 Å². The number of ether oxygens (including phenoxy) is 1. The molecule has 2 heterocycles. The lowest BCUT2D eigenvalue weighted by atomic mass is 9.92. The fourth-order valence-corrected chi connectivity index (χ4v) is 4.59. The Balaban J connectivity index is 1.57. The van der Waals surface area contributed by atoms with Gasteiger partial charge in [0, 0.05) is 28.2 Å². The third-order valence-corrected chi connectivity index (χ3v) is 6.34. The molecule has 1 amide bonds. The number of H-pyrrole nitrogens is 1. The van der Waals surface area contributed by atoms with E-state index in [1.807, 2.05) is 19.1 Å². The second-order valence-corrected chi connectivity index (χ2v) is 8.79. The molecule has 1 aliphatic heterocycles. The van der Waals surface area contributed by atoms with Gasteiger partial charge in [0.05, 0.1) is 5.56 Å². The molecule has 0 spiro atoms. The molecule has 0 radical (unpaired) electrons. The summed E-state index contributed by atoms with van der Waals surface area (Å²) in [5, 5.41) is 1.57. The van der Waals surface area contributed by atoms with Gasteiger partial charge in [0.2, 0.25) is 0 Å². The van der Waals surface area contributed by atoms with Crippen molar-refractivity contribution in [2.24, 2.45) is 0 Å². The van der Waals surface area contributed by atoms with Gasteiger partial charge in [-0.1, -0.05) is 35.4 Å². The van der Waals surface area contributed by atoms with E-state index >= 15 is 0 Å². The Morgan fingerprint density at radius 1 is 1.06 bits per heavy atom. The van der Waals surface area contributed by atoms with Crippen molar-refractivity contribution >= 4 is 28.6 Å². The van der Waals surface area contributed by atoms with Crippen LogP contribution in [0.3, 0.4) is 0 Å². The predicted molar refractivity (Wildman–Crippen MR) is 124 cm³/mol. The molecule has 1 atom stereocenters. The average molecular weight is 485 g/mol. The Morgan fingerprint density at radius 2 is 1.76 bits per heavy atom. The van der Waals surface area contributed by atoms with Gasteiger partial charge in [0.1, 0.15) is 11.8 Å². The van der Waals surface area contributed by atoms with E-state index in [2.05, 4.69) is 11.1 Å². The van der Waals surface area contributed by atoms with Crippen molar-refractivity contribution in [1.82, 2.24) is 9.88 Å². The fourth-order valence-electron chi connectivity index (χ4n) is 4.46. The number of nitrogens with one attached hydrogen (secondary N) is 1. The van der Waals surface area contributed by atoms with Crippen molar-refractivity contribution in [1.29, 1.82) is 0 Å². The van der Waals surface area contributed by atoms with E-state index in [1.165, 1.54) is 12.1 Å². The number of hydrogen-bond donors (Lipinski definition) is 1. The van der Waals surface area contributed by atoms with Gasteiger partial charge in [-0.15, -0.1) is 0 Å². The minimum atomic E-state index is -4.44. The number of aromatic amines is 1. The van der Waals surface area contributed by atoms with Crippen LogP contribution in [-0.4, -0.2) is 22.5 Å². The van der Waals surface area contributed by atoms with Crippen LogP contribution < -0.4 is 4.74 Å². The maximum absolute atomic E-state index is 13.2. The first-order valence-corrected chi connectivity index (χ1v) is 11.1. The molecule has 34 heavy (non-hydrogen) atoms. The summed E-state index contributed by atoms with van der Waals surface area (Å²) >= 11 is 5.92. The Labute approximate surface area is 198 Å². The molecule has 0 saturated heterocycles. The van der Waals surface area contributed by atoms with Crippen LogP contribution in [0.5, 0.6) is 5.75 Å². The molecule has 8 heteroatoms. The number of amides is 1. The summed E-state index contributed by atoms with van der Waals surface area (Å²) in [6, 6.07) is 16.8. The highest BCUT2D eigenvalue weighted by Gasteiger charge is 2.37. The lowest BCUT2D eigenvalue weighted by Crippen LogP contribution is -2.42. The third-order valence-electron chi connectivity index (χ3n) is 6.09. The molecule has 4 aromatic rings. The van der Waals surface area contributed by atoms with Crippen LogP contribution in [0.15, 0.2) is 66.7 Å². The lowest BCUT2D eigenvalue weighted by molar-refractivity contribution is -0.137. The van der Waals surface area contributed by atoms with Crippen LogP contribution in [0.2, 0.25) is 5.02 Å². The number of alkyl halides is 3. The molecule has 1 aromatic heterocycles. The lowest BCUT2D eigenvalue weighted by Gasteiger charge is -2.35. The zero-order valence-electron chi connectivity index (χ0n) is 18.1. The number of nitrogens with zero attached hydrogens (tertiary/aromatic N) is 1. The molecule has 1 N–H and O–H groups in total. The summed E-state index contributed by atoms with van der Waals surface area (Å²) in [4.78, 5) is 18.2. The Bertz CT molecular complexity index is 1360. The van der Waals surface area contributed by atoms with Gasteiger partial charge < -0.3 is 9.72 Å². The minimum absolute atomic E-state index is 0.332. The standard InChI is InChI=1S/C26H20ClF3N2O2/c1-15-2-11-22-21(14-15)20-12-13-32(25(33)34-19-9-7-18(27)8-10-19)24(23(20)31-22)16-3-5-17(6-4-16)26(28,29)30/h2-11,14,24,31H,12-13H2,1H3. The van der Waals surface area contributed by atoms with Gasteiger partial charge in [-0.2, -0.15) is 13.2 Å². The zero-order valence-corrected chi connectivity index (χ0v) is 18.9. The fraction of sp³-hybridized carbons (Fsp3) is 0.192. The van der Waals surface area contributed by atoms with Crippen LogP contribution in [0.1, 0.15) is 34.0 Å². The first-order chi connectivity index (χ1) is 16.2. The maximum atomic E-state index is 13.2. The second kappa shape index (κ2) is 8.40. The number of carbonyl (C=O) groups is 1. The monoisotopic (exact) mass is 484 g/mol. The Kier molecular flexibility index (Phi) is 5.52. The highest BCUT2D eigenvalue weighted by Crippen LogP contribution is 2.40. The molecule has 174 valence electrons. The normalized spacial score (nSPS) is 15.9. The quantitative estimate of drug-likeness (QED) is 0.324. The predicted octanol–water partition coefficient (Wildman–Crippen LogP) is 7.30. The van der Waals surface area contributed by atoms with Gasteiger partial charge in [0.25, 0.3) is 0 Å². The summed E-state index contributed by atoms with van der Waals surface area (Å²) in [6.45, 7) is 2.36. The Morgan fingerprint density at radius 3 is 2.44 bits per heavy atom. The topological polar surface area (TPSA) is 45.3 Å². The minimum Gasteiger partial charge on any atom is -0.410 e. The van der Waals surface area contributed by atoms with Gasteiger partial charge in [0.15, 0.2) is 0 Å².